The van der Waals surface area contributed by atoms with Gasteiger partial charge < -0.3 is 4.74 Å². The van der Waals surface area contributed by atoms with Crippen LogP contribution in [0.25, 0.3) is 0 Å². The largest absolute Gasteiger partial charge is 0.497 e. The van der Waals surface area contributed by atoms with Crippen molar-refractivity contribution in [1.82, 2.24) is 10.4 Å². The molecule has 1 heterocycles. The Morgan fingerprint density at radius 3 is 2.63 bits per heavy atom. The van der Waals surface area contributed by atoms with E-state index in [4.69, 9.17) is 22.2 Å². The van der Waals surface area contributed by atoms with Crippen molar-refractivity contribution in [2.24, 2.45) is 5.84 Å². The highest BCUT2D eigenvalue weighted by molar-refractivity contribution is 6.31. The number of methoxy groups -OCH3 is 1. The van der Waals surface area contributed by atoms with Gasteiger partial charge in [-0.05, 0) is 35.7 Å². The van der Waals surface area contributed by atoms with Crippen LogP contribution in [0.2, 0.25) is 5.02 Å². The first-order valence-corrected chi connectivity index (χ1v) is 6.31. The lowest BCUT2D eigenvalue weighted by atomic mass is 10.00. The van der Waals surface area contributed by atoms with Gasteiger partial charge in [-0.15, -0.1) is 0 Å². The van der Waals surface area contributed by atoms with E-state index >= 15 is 0 Å². The number of nitrogens with zero attached hydrogens (tertiary/aromatic N) is 1. The van der Waals surface area contributed by atoms with Crippen LogP contribution in [-0.4, -0.2) is 12.1 Å². The van der Waals surface area contributed by atoms with Crippen LogP contribution in [0, 0.1) is 0 Å². The standard InChI is InChI=1S/C14H16ClN3O/c1-19-12-4-2-10(3-5-12)14(18-16)8-11-6-7-17-9-13(11)15/h2-7,9,14,18H,8,16H2,1H3. The van der Waals surface area contributed by atoms with Crippen molar-refractivity contribution in [1.29, 1.82) is 0 Å². The maximum absolute atomic E-state index is 6.11. The van der Waals surface area contributed by atoms with Gasteiger partial charge in [0.15, 0.2) is 0 Å². The Kier molecular flexibility index (Phi) is 4.74. The van der Waals surface area contributed by atoms with Crippen LogP contribution in [-0.2, 0) is 6.42 Å². The summed E-state index contributed by atoms with van der Waals surface area (Å²) in [5.74, 6) is 6.45. The predicted molar refractivity (Wildman–Crippen MR) is 76.0 cm³/mol. The van der Waals surface area contributed by atoms with Crippen LogP contribution in [0.3, 0.4) is 0 Å². The summed E-state index contributed by atoms with van der Waals surface area (Å²) >= 11 is 6.11. The van der Waals surface area contributed by atoms with E-state index in [2.05, 4.69) is 10.4 Å². The lowest BCUT2D eigenvalue weighted by Gasteiger charge is -2.17. The number of hydrogen-bond acceptors (Lipinski definition) is 4. The van der Waals surface area contributed by atoms with Gasteiger partial charge in [-0.1, -0.05) is 23.7 Å². The summed E-state index contributed by atoms with van der Waals surface area (Å²) in [6.07, 6.45) is 4.06. The molecule has 0 bridgehead atoms. The number of hydrogen-bond donors (Lipinski definition) is 2. The summed E-state index contributed by atoms with van der Waals surface area (Å²) in [7, 11) is 1.64. The second kappa shape index (κ2) is 6.52. The van der Waals surface area contributed by atoms with Gasteiger partial charge in [0, 0.05) is 12.4 Å². The zero-order chi connectivity index (χ0) is 13.7. The van der Waals surface area contributed by atoms with Crippen molar-refractivity contribution < 1.29 is 4.74 Å². The lowest BCUT2D eigenvalue weighted by molar-refractivity contribution is 0.414. The molecule has 0 saturated heterocycles. The van der Waals surface area contributed by atoms with Crippen LogP contribution in [0.15, 0.2) is 42.7 Å². The van der Waals surface area contributed by atoms with Gasteiger partial charge in [-0.2, -0.15) is 0 Å². The smallest absolute Gasteiger partial charge is 0.118 e. The molecular formula is C14H16ClN3O. The number of rotatable bonds is 5. The summed E-state index contributed by atoms with van der Waals surface area (Å²) in [4.78, 5) is 3.97. The average molecular weight is 278 g/mol. The second-order valence-corrected chi connectivity index (χ2v) is 4.57. The lowest BCUT2D eigenvalue weighted by Crippen LogP contribution is -2.29. The number of nitrogens with one attached hydrogen (secondary N) is 1. The Balaban J connectivity index is 2.17. The zero-order valence-corrected chi connectivity index (χ0v) is 11.4. The van der Waals surface area contributed by atoms with E-state index in [1.807, 2.05) is 30.3 Å². The molecule has 0 aliphatic rings. The quantitative estimate of drug-likeness (QED) is 0.651. The Bertz CT molecular complexity index is 530. The number of benzene rings is 1. The van der Waals surface area contributed by atoms with Gasteiger partial charge in [0.2, 0.25) is 0 Å². The van der Waals surface area contributed by atoms with E-state index in [1.54, 1.807) is 19.5 Å². The average Bonchev–Trinajstić information content (AvgIpc) is 2.47. The molecule has 5 heteroatoms. The molecule has 2 aromatic rings. The van der Waals surface area contributed by atoms with E-state index in [0.29, 0.717) is 11.4 Å². The van der Waals surface area contributed by atoms with Gasteiger partial charge in [-0.25, -0.2) is 0 Å². The van der Waals surface area contributed by atoms with E-state index in [0.717, 1.165) is 16.9 Å². The van der Waals surface area contributed by atoms with E-state index < -0.39 is 0 Å². The van der Waals surface area contributed by atoms with Crippen LogP contribution >= 0.6 is 11.6 Å². The van der Waals surface area contributed by atoms with Crippen molar-refractivity contribution >= 4 is 11.6 Å². The number of pyridine rings is 1. The molecule has 4 nitrogen and oxygen atoms in total. The van der Waals surface area contributed by atoms with Gasteiger partial charge in [0.05, 0.1) is 18.2 Å². The summed E-state index contributed by atoms with van der Waals surface area (Å²) in [6, 6.07) is 9.68. The monoisotopic (exact) mass is 277 g/mol. The van der Waals surface area contributed by atoms with Gasteiger partial charge in [0.1, 0.15) is 5.75 Å². The predicted octanol–water partition coefficient (Wildman–Crippen LogP) is 2.49. The Morgan fingerprint density at radius 2 is 2.05 bits per heavy atom. The fraction of sp³-hybridized carbons (Fsp3) is 0.214. The van der Waals surface area contributed by atoms with E-state index in [1.165, 1.54) is 0 Å². The maximum atomic E-state index is 6.11. The van der Waals surface area contributed by atoms with Crippen molar-refractivity contribution in [2.45, 2.75) is 12.5 Å². The molecule has 0 aliphatic heterocycles. The molecular weight excluding hydrogens is 262 g/mol. The number of aromatic nitrogens is 1. The van der Waals surface area contributed by atoms with Crippen molar-refractivity contribution in [2.75, 3.05) is 7.11 Å². The minimum Gasteiger partial charge on any atom is -0.497 e. The highest BCUT2D eigenvalue weighted by Crippen LogP contribution is 2.23. The molecule has 1 aromatic heterocycles. The highest BCUT2D eigenvalue weighted by atomic mass is 35.5. The minimum atomic E-state index is -0.00851. The molecule has 0 amide bonds. The Morgan fingerprint density at radius 1 is 1.32 bits per heavy atom. The molecule has 0 aliphatic carbocycles. The van der Waals surface area contributed by atoms with Crippen molar-refractivity contribution in [3.05, 3.63) is 58.9 Å². The third-order valence-corrected chi connectivity index (χ3v) is 3.34. The Labute approximate surface area is 117 Å². The fourth-order valence-corrected chi connectivity index (χ4v) is 2.10. The number of halogens is 1. The van der Waals surface area contributed by atoms with Crippen LogP contribution in [0.5, 0.6) is 5.75 Å². The zero-order valence-electron chi connectivity index (χ0n) is 10.6. The van der Waals surface area contributed by atoms with Crippen LogP contribution in [0.4, 0.5) is 0 Å². The number of hydrazine groups is 1. The molecule has 0 radical (unpaired) electrons. The van der Waals surface area contributed by atoms with Crippen molar-refractivity contribution in [3.63, 3.8) is 0 Å². The summed E-state index contributed by atoms with van der Waals surface area (Å²) in [5, 5.41) is 0.649. The summed E-state index contributed by atoms with van der Waals surface area (Å²) in [6.45, 7) is 0. The molecule has 0 saturated carbocycles. The van der Waals surface area contributed by atoms with E-state index in [9.17, 15) is 0 Å². The maximum Gasteiger partial charge on any atom is 0.118 e. The first-order valence-electron chi connectivity index (χ1n) is 5.93. The molecule has 0 fully saturated rings. The third kappa shape index (κ3) is 3.44. The molecule has 1 atom stereocenters. The summed E-state index contributed by atoms with van der Waals surface area (Å²) in [5.41, 5.74) is 4.90. The second-order valence-electron chi connectivity index (χ2n) is 4.16. The topological polar surface area (TPSA) is 60.2 Å². The van der Waals surface area contributed by atoms with Crippen molar-refractivity contribution in [3.8, 4) is 5.75 Å². The van der Waals surface area contributed by atoms with Gasteiger partial charge in [0.25, 0.3) is 0 Å². The normalized spacial score (nSPS) is 12.2. The SMILES string of the molecule is COc1ccc(C(Cc2ccncc2Cl)NN)cc1. The molecule has 19 heavy (non-hydrogen) atoms. The number of nitrogens with two attached hydrogens (primary N) is 1. The molecule has 1 unspecified atom stereocenters. The van der Waals surface area contributed by atoms with E-state index in [-0.39, 0.29) is 6.04 Å². The fourth-order valence-electron chi connectivity index (χ4n) is 1.90. The summed E-state index contributed by atoms with van der Waals surface area (Å²) < 4.78 is 5.14. The number of ether oxygens (including phenoxy) is 1. The van der Waals surface area contributed by atoms with Crippen LogP contribution < -0.4 is 16.0 Å². The van der Waals surface area contributed by atoms with Gasteiger partial charge >= 0.3 is 0 Å². The molecule has 2 rings (SSSR count). The third-order valence-electron chi connectivity index (χ3n) is 3.00. The molecule has 3 N–H and O–H groups in total. The molecule has 100 valence electrons. The minimum absolute atomic E-state index is 0.00851. The molecule has 0 spiro atoms. The highest BCUT2D eigenvalue weighted by Gasteiger charge is 2.12. The Hall–Kier alpha value is -1.62. The first-order chi connectivity index (χ1) is 9.24. The molecule has 1 aromatic carbocycles. The van der Waals surface area contributed by atoms with Crippen LogP contribution in [0.1, 0.15) is 17.2 Å². The first kappa shape index (κ1) is 13.8. The van der Waals surface area contributed by atoms with Gasteiger partial charge in [-0.3, -0.25) is 16.3 Å².